The fraction of sp³-hybridized carbons (Fsp3) is 0.423. The molecule has 10 nitrogen and oxygen atoms in total. The molecule has 0 bridgehead atoms. The van der Waals surface area contributed by atoms with E-state index in [4.69, 9.17) is 4.74 Å². The van der Waals surface area contributed by atoms with Gasteiger partial charge in [-0.15, -0.1) is 0 Å². The Bertz CT molecular complexity index is 1360. The number of halogens is 1. The van der Waals surface area contributed by atoms with Crippen LogP contribution in [0, 0.1) is 17.7 Å². The molecule has 0 aliphatic heterocycles. The van der Waals surface area contributed by atoms with E-state index in [0.29, 0.717) is 23.9 Å². The van der Waals surface area contributed by atoms with Gasteiger partial charge in [-0.2, -0.15) is 4.98 Å². The zero-order chi connectivity index (χ0) is 26.5. The third-order valence-corrected chi connectivity index (χ3v) is 6.64. The van der Waals surface area contributed by atoms with Crippen LogP contribution in [0.3, 0.4) is 0 Å². The van der Waals surface area contributed by atoms with E-state index in [9.17, 15) is 23.9 Å². The minimum absolute atomic E-state index is 0.0804. The molecule has 0 radical (unpaired) electrons. The molecule has 1 saturated carbocycles. The lowest BCUT2D eigenvalue weighted by Gasteiger charge is -2.27. The lowest BCUT2D eigenvalue weighted by Crippen LogP contribution is -2.45. The van der Waals surface area contributed by atoms with E-state index in [1.165, 1.54) is 29.8 Å². The predicted molar refractivity (Wildman–Crippen MR) is 135 cm³/mol. The summed E-state index contributed by atoms with van der Waals surface area (Å²) in [5.41, 5.74) is -0.886. The largest absolute Gasteiger partial charge is 0.481 e. The Hall–Kier alpha value is -4.02. The van der Waals surface area contributed by atoms with Crippen molar-refractivity contribution in [2.45, 2.75) is 58.5 Å². The first-order valence-corrected chi connectivity index (χ1v) is 12.3. The number of rotatable bonds is 9. The Kier molecular flexibility index (Phi) is 8.00. The molecule has 0 saturated heterocycles. The predicted octanol–water partition coefficient (Wildman–Crippen LogP) is 4.34. The van der Waals surface area contributed by atoms with Crippen LogP contribution in [0.25, 0.3) is 0 Å². The fourth-order valence-corrected chi connectivity index (χ4v) is 4.55. The maximum atomic E-state index is 13.8. The molecule has 1 aliphatic carbocycles. The van der Waals surface area contributed by atoms with Crippen LogP contribution in [-0.4, -0.2) is 30.2 Å². The second-order valence-corrected chi connectivity index (χ2v) is 9.60. The molecule has 1 atom stereocenters. The van der Waals surface area contributed by atoms with Crippen molar-refractivity contribution in [3.05, 3.63) is 69.4 Å². The number of pyridine rings is 1. The lowest BCUT2D eigenvalue weighted by molar-refractivity contribution is -0.137. The number of ether oxygens (including phenoxy) is 1. The number of nitrogens with one attached hydrogen (secondary N) is 1. The molecular weight excluding hydrogens is 481 g/mol. The van der Waals surface area contributed by atoms with Gasteiger partial charge in [0.05, 0.1) is 12.5 Å². The maximum Gasteiger partial charge on any atom is 0.355 e. The van der Waals surface area contributed by atoms with Gasteiger partial charge in [-0.05, 0) is 68.0 Å². The maximum absolute atomic E-state index is 13.8. The molecule has 1 aromatic carbocycles. The van der Waals surface area contributed by atoms with Gasteiger partial charge in [0.2, 0.25) is 5.95 Å². The molecule has 1 aliphatic rings. The zero-order valence-electron chi connectivity index (χ0n) is 20.8. The summed E-state index contributed by atoms with van der Waals surface area (Å²) >= 11 is 0. The summed E-state index contributed by atoms with van der Waals surface area (Å²) in [5.74, 6) is -0.553. The quantitative estimate of drug-likeness (QED) is 0.434. The first-order chi connectivity index (χ1) is 17.7. The van der Waals surface area contributed by atoms with E-state index in [2.05, 4.69) is 22.2 Å². The van der Waals surface area contributed by atoms with Gasteiger partial charge in [-0.25, -0.2) is 23.5 Å². The highest BCUT2D eigenvalue weighted by Gasteiger charge is 2.24. The molecule has 2 N–H and O–H groups in total. The second kappa shape index (κ2) is 11.4. The highest BCUT2D eigenvalue weighted by molar-refractivity contribution is 5.67. The van der Waals surface area contributed by atoms with E-state index in [-0.39, 0.29) is 24.2 Å². The molecule has 37 heavy (non-hydrogen) atoms. The molecule has 0 amide bonds. The number of carboxylic acids is 1. The van der Waals surface area contributed by atoms with Crippen LogP contribution >= 0.6 is 0 Å². The van der Waals surface area contributed by atoms with Gasteiger partial charge in [0.15, 0.2) is 5.82 Å². The molecule has 4 rings (SSSR count). The topological polar surface area (TPSA) is 128 Å². The molecule has 3 aromatic rings. The summed E-state index contributed by atoms with van der Waals surface area (Å²) in [4.78, 5) is 45.4. The van der Waals surface area contributed by atoms with Gasteiger partial charge >= 0.3 is 17.3 Å². The van der Waals surface area contributed by atoms with E-state index in [0.717, 1.165) is 30.3 Å². The summed E-state index contributed by atoms with van der Waals surface area (Å²) in [6.07, 6.45) is 5.07. The number of aromatic nitrogens is 4. The summed E-state index contributed by atoms with van der Waals surface area (Å²) in [6, 6.07) is 8.35. The van der Waals surface area contributed by atoms with Crippen molar-refractivity contribution in [1.29, 1.82) is 0 Å². The molecule has 11 heteroatoms. The zero-order valence-corrected chi connectivity index (χ0v) is 20.8. The number of benzene rings is 1. The van der Waals surface area contributed by atoms with E-state index >= 15 is 0 Å². The Morgan fingerprint density at radius 2 is 1.89 bits per heavy atom. The Balaban J connectivity index is 1.62. The summed E-state index contributed by atoms with van der Waals surface area (Å²) < 4.78 is 21.6. The number of aliphatic carboxylic acids is 1. The monoisotopic (exact) mass is 511 g/mol. The van der Waals surface area contributed by atoms with Gasteiger partial charge in [-0.3, -0.25) is 9.36 Å². The SMILES string of the molecule is CC1CCC(Cn2c(Nc3ccc(Oc4ncccc4F)cc3)nc(=O)n([C@@H](C)CC(=O)O)c2=O)CC1. The van der Waals surface area contributed by atoms with Crippen LogP contribution in [0.4, 0.5) is 16.0 Å². The van der Waals surface area contributed by atoms with Gasteiger partial charge in [0.1, 0.15) is 5.75 Å². The normalized spacial score (nSPS) is 18.2. The van der Waals surface area contributed by atoms with Gasteiger partial charge in [0, 0.05) is 18.4 Å². The van der Waals surface area contributed by atoms with Gasteiger partial charge in [0.25, 0.3) is 5.88 Å². The van der Waals surface area contributed by atoms with Crippen LogP contribution in [0.2, 0.25) is 0 Å². The van der Waals surface area contributed by atoms with Crippen molar-refractivity contribution in [2.75, 3.05) is 5.32 Å². The standard InChI is InChI=1S/C26H30FN5O5/c1-16-5-7-18(8-6-16)15-31-24(30-25(35)32(26(31)36)17(2)14-22(33)34)29-19-9-11-20(12-10-19)37-23-21(27)4-3-13-28-23/h3-4,9-13,16-18H,5-8,14-15H2,1-2H3,(H,33,34)(H,29,30,35)/t16?,17-,18?/m0/s1. The van der Waals surface area contributed by atoms with Crippen LogP contribution in [0.1, 0.15) is 52.0 Å². The van der Waals surface area contributed by atoms with E-state index in [1.54, 1.807) is 24.3 Å². The molecule has 2 heterocycles. The summed E-state index contributed by atoms with van der Waals surface area (Å²) in [5, 5.41) is 12.2. The van der Waals surface area contributed by atoms with Crippen molar-refractivity contribution in [3.63, 3.8) is 0 Å². The second-order valence-electron chi connectivity index (χ2n) is 9.60. The first-order valence-electron chi connectivity index (χ1n) is 12.3. The number of anilines is 2. The molecule has 196 valence electrons. The van der Waals surface area contributed by atoms with Gasteiger partial charge < -0.3 is 15.2 Å². The van der Waals surface area contributed by atoms with Crippen molar-refractivity contribution in [1.82, 2.24) is 19.1 Å². The van der Waals surface area contributed by atoms with Crippen molar-refractivity contribution >= 4 is 17.6 Å². The van der Waals surface area contributed by atoms with Gasteiger partial charge in [-0.1, -0.05) is 19.8 Å². The lowest BCUT2D eigenvalue weighted by atomic mass is 9.83. The number of nitrogens with zero attached hydrogens (tertiary/aromatic N) is 4. The average molecular weight is 512 g/mol. The Morgan fingerprint density at radius 1 is 1.19 bits per heavy atom. The fourth-order valence-electron chi connectivity index (χ4n) is 4.55. The Morgan fingerprint density at radius 3 is 2.54 bits per heavy atom. The highest BCUT2D eigenvalue weighted by Crippen LogP contribution is 2.30. The van der Waals surface area contributed by atoms with Crippen molar-refractivity contribution in [2.24, 2.45) is 11.8 Å². The summed E-state index contributed by atoms with van der Waals surface area (Å²) in [7, 11) is 0. The molecule has 2 aromatic heterocycles. The molecule has 0 unspecified atom stereocenters. The minimum atomic E-state index is -1.11. The van der Waals surface area contributed by atoms with Crippen LogP contribution < -0.4 is 21.4 Å². The minimum Gasteiger partial charge on any atom is -0.481 e. The third-order valence-electron chi connectivity index (χ3n) is 6.64. The first kappa shape index (κ1) is 26.1. The number of carboxylic acid groups (broad SMARTS) is 1. The number of hydrogen-bond acceptors (Lipinski definition) is 7. The highest BCUT2D eigenvalue weighted by atomic mass is 19.1. The Labute approximate surface area is 212 Å². The molecule has 0 spiro atoms. The van der Waals surface area contributed by atoms with E-state index < -0.39 is 29.2 Å². The smallest absolute Gasteiger partial charge is 0.355 e. The number of carbonyl (C=O) groups is 1. The van der Waals surface area contributed by atoms with Crippen LogP contribution in [0.15, 0.2) is 52.2 Å². The van der Waals surface area contributed by atoms with E-state index in [1.807, 2.05) is 0 Å². The van der Waals surface area contributed by atoms with Crippen LogP contribution in [-0.2, 0) is 11.3 Å². The van der Waals surface area contributed by atoms with Crippen molar-refractivity contribution in [3.8, 4) is 11.6 Å². The molecule has 1 fully saturated rings. The van der Waals surface area contributed by atoms with Crippen LogP contribution in [0.5, 0.6) is 11.6 Å². The van der Waals surface area contributed by atoms with Crippen molar-refractivity contribution < 1.29 is 19.0 Å². The summed E-state index contributed by atoms with van der Waals surface area (Å²) in [6.45, 7) is 4.09. The average Bonchev–Trinajstić information content (AvgIpc) is 2.85. The third kappa shape index (κ3) is 6.41. The molecular formula is C26H30FN5O5. The number of hydrogen-bond donors (Lipinski definition) is 2.